The van der Waals surface area contributed by atoms with Crippen LogP contribution in [0.5, 0.6) is 0 Å². The van der Waals surface area contributed by atoms with Crippen molar-refractivity contribution in [2.75, 3.05) is 0 Å². The molecular formula is C15H17ClN2S. The summed E-state index contributed by atoms with van der Waals surface area (Å²) in [4.78, 5) is 5.54. The molecule has 0 aliphatic carbocycles. The molecule has 2 nitrogen and oxygen atoms in total. The minimum Gasteiger partial charge on any atom is -0.323 e. The molecule has 19 heavy (non-hydrogen) atoms. The molecule has 0 fully saturated rings. The molecule has 0 bridgehead atoms. The van der Waals surface area contributed by atoms with Crippen LogP contribution in [0.3, 0.4) is 0 Å². The number of hydrogen-bond acceptors (Lipinski definition) is 3. The number of aromatic nitrogens is 1. The summed E-state index contributed by atoms with van der Waals surface area (Å²) in [6, 6.07) is 12.0. The number of halogens is 1. The maximum atomic E-state index is 6.13. The number of thioether (sulfide) groups is 1. The van der Waals surface area contributed by atoms with Crippen LogP contribution in [-0.2, 0) is 5.75 Å². The van der Waals surface area contributed by atoms with Crippen molar-refractivity contribution < 1.29 is 0 Å². The Labute approximate surface area is 123 Å². The summed E-state index contributed by atoms with van der Waals surface area (Å²) >= 11 is 7.86. The molecule has 1 aromatic heterocycles. The van der Waals surface area contributed by atoms with E-state index in [0.717, 1.165) is 33.3 Å². The lowest BCUT2D eigenvalue weighted by Gasteiger charge is -2.09. The van der Waals surface area contributed by atoms with Crippen LogP contribution in [0.15, 0.2) is 47.5 Å². The first kappa shape index (κ1) is 14.4. The van der Waals surface area contributed by atoms with E-state index in [4.69, 9.17) is 17.3 Å². The van der Waals surface area contributed by atoms with Crippen molar-refractivity contribution in [2.24, 2.45) is 5.73 Å². The maximum Gasteiger partial charge on any atom is 0.0571 e. The van der Waals surface area contributed by atoms with E-state index in [1.807, 2.05) is 36.5 Å². The van der Waals surface area contributed by atoms with E-state index in [2.05, 4.69) is 18.0 Å². The fourth-order valence-electron chi connectivity index (χ4n) is 1.68. The molecule has 0 aliphatic rings. The molecule has 0 unspecified atom stereocenters. The monoisotopic (exact) mass is 292 g/mol. The summed E-state index contributed by atoms with van der Waals surface area (Å²) in [6.07, 6.45) is 2.78. The molecule has 0 amide bonds. The second-order valence-corrected chi connectivity index (χ2v) is 5.77. The number of nitrogens with two attached hydrogens (primary N) is 1. The Balaban J connectivity index is 1.99. The van der Waals surface area contributed by atoms with Crippen molar-refractivity contribution >= 4 is 23.4 Å². The summed E-state index contributed by atoms with van der Waals surface area (Å²) < 4.78 is 0. The molecule has 2 N–H and O–H groups in total. The van der Waals surface area contributed by atoms with E-state index in [0.29, 0.717) is 0 Å². The van der Waals surface area contributed by atoms with Crippen molar-refractivity contribution in [1.82, 2.24) is 4.98 Å². The number of nitrogens with zero attached hydrogens (tertiary/aromatic N) is 1. The smallest absolute Gasteiger partial charge is 0.0571 e. The van der Waals surface area contributed by atoms with Gasteiger partial charge in [0.25, 0.3) is 0 Å². The first-order valence-electron chi connectivity index (χ1n) is 6.28. The van der Waals surface area contributed by atoms with Gasteiger partial charge in [-0.3, -0.25) is 4.98 Å². The third-order valence-electron chi connectivity index (χ3n) is 2.93. The van der Waals surface area contributed by atoms with Crippen LogP contribution in [0.2, 0.25) is 5.02 Å². The van der Waals surface area contributed by atoms with Gasteiger partial charge in [-0.1, -0.05) is 36.7 Å². The zero-order valence-corrected chi connectivity index (χ0v) is 12.4. The van der Waals surface area contributed by atoms with E-state index in [1.165, 1.54) is 0 Å². The lowest BCUT2D eigenvalue weighted by Crippen LogP contribution is -2.10. The van der Waals surface area contributed by atoms with Gasteiger partial charge >= 0.3 is 0 Å². The Bertz CT molecular complexity index is 528. The van der Waals surface area contributed by atoms with E-state index >= 15 is 0 Å². The molecule has 4 heteroatoms. The van der Waals surface area contributed by atoms with Crippen LogP contribution < -0.4 is 5.73 Å². The Morgan fingerprint density at radius 3 is 2.68 bits per heavy atom. The number of pyridine rings is 1. The molecular weight excluding hydrogens is 276 g/mol. The first-order chi connectivity index (χ1) is 9.20. The highest BCUT2D eigenvalue weighted by Crippen LogP contribution is 2.26. The summed E-state index contributed by atoms with van der Waals surface area (Å²) in [5, 5.41) is 0.813. The van der Waals surface area contributed by atoms with Crippen molar-refractivity contribution in [3.63, 3.8) is 0 Å². The molecule has 1 heterocycles. The SMILES string of the molecule is CC[C@@H](N)c1ccc(SCc2ccccc2Cl)cn1. The minimum absolute atomic E-state index is 0.0302. The molecule has 100 valence electrons. The lowest BCUT2D eigenvalue weighted by molar-refractivity contribution is 0.674. The Hall–Kier alpha value is -1.03. The van der Waals surface area contributed by atoms with E-state index < -0.39 is 0 Å². The topological polar surface area (TPSA) is 38.9 Å². The average molecular weight is 293 g/mol. The molecule has 2 aromatic rings. The fourth-order valence-corrected chi connectivity index (χ4v) is 2.83. The standard InChI is InChI=1S/C15H17ClN2S/c1-2-14(17)15-8-7-12(9-18-15)19-10-11-5-3-4-6-13(11)16/h3-9,14H,2,10,17H2,1H3/t14-/m1/s1. The molecule has 0 aliphatic heterocycles. The van der Waals surface area contributed by atoms with Crippen LogP contribution in [0, 0.1) is 0 Å². The number of benzene rings is 1. The maximum absolute atomic E-state index is 6.13. The Morgan fingerprint density at radius 1 is 1.26 bits per heavy atom. The van der Waals surface area contributed by atoms with E-state index in [1.54, 1.807) is 11.8 Å². The minimum atomic E-state index is 0.0302. The van der Waals surface area contributed by atoms with Gasteiger partial charge < -0.3 is 5.73 Å². The van der Waals surface area contributed by atoms with Crippen LogP contribution in [0.4, 0.5) is 0 Å². The van der Waals surface area contributed by atoms with Gasteiger partial charge in [0.1, 0.15) is 0 Å². The van der Waals surface area contributed by atoms with E-state index in [-0.39, 0.29) is 6.04 Å². The van der Waals surface area contributed by atoms with Gasteiger partial charge in [0, 0.05) is 27.9 Å². The van der Waals surface area contributed by atoms with Crippen molar-refractivity contribution in [3.05, 3.63) is 58.9 Å². The zero-order chi connectivity index (χ0) is 13.7. The highest BCUT2D eigenvalue weighted by molar-refractivity contribution is 7.98. The summed E-state index contributed by atoms with van der Waals surface area (Å²) in [7, 11) is 0. The molecule has 0 spiro atoms. The molecule has 1 aromatic carbocycles. The summed E-state index contributed by atoms with van der Waals surface area (Å²) in [6.45, 7) is 2.06. The van der Waals surface area contributed by atoms with Crippen LogP contribution in [0.25, 0.3) is 0 Å². The van der Waals surface area contributed by atoms with Gasteiger partial charge in [0.05, 0.1) is 5.69 Å². The zero-order valence-electron chi connectivity index (χ0n) is 10.8. The normalized spacial score (nSPS) is 12.4. The first-order valence-corrected chi connectivity index (χ1v) is 7.64. The third-order valence-corrected chi connectivity index (χ3v) is 4.33. The highest BCUT2D eigenvalue weighted by atomic mass is 35.5. The number of rotatable bonds is 5. The van der Waals surface area contributed by atoms with Gasteiger partial charge in [0.15, 0.2) is 0 Å². The van der Waals surface area contributed by atoms with Gasteiger partial charge in [-0.05, 0) is 30.2 Å². The summed E-state index contributed by atoms with van der Waals surface area (Å²) in [5.74, 6) is 0.848. The van der Waals surface area contributed by atoms with Crippen molar-refractivity contribution in [2.45, 2.75) is 30.0 Å². The van der Waals surface area contributed by atoms with Gasteiger partial charge in [0.2, 0.25) is 0 Å². The second kappa shape index (κ2) is 6.94. The van der Waals surface area contributed by atoms with Crippen LogP contribution in [-0.4, -0.2) is 4.98 Å². The lowest BCUT2D eigenvalue weighted by atomic mass is 10.1. The van der Waals surface area contributed by atoms with Crippen molar-refractivity contribution in [3.8, 4) is 0 Å². The van der Waals surface area contributed by atoms with E-state index in [9.17, 15) is 0 Å². The third kappa shape index (κ3) is 3.96. The van der Waals surface area contributed by atoms with Gasteiger partial charge in [-0.25, -0.2) is 0 Å². The van der Waals surface area contributed by atoms with Crippen LogP contribution in [0.1, 0.15) is 30.6 Å². The quantitative estimate of drug-likeness (QED) is 0.828. The largest absolute Gasteiger partial charge is 0.323 e. The predicted molar refractivity (Wildman–Crippen MR) is 82.5 cm³/mol. The molecule has 0 saturated heterocycles. The van der Waals surface area contributed by atoms with Gasteiger partial charge in [-0.2, -0.15) is 0 Å². The molecule has 1 atom stereocenters. The van der Waals surface area contributed by atoms with Crippen molar-refractivity contribution in [1.29, 1.82) is 0 Å². The van der Waals surface area contributed by atoms with Crippen LogP contribution >= 0.6 is 23.4 Å². The Morgan fingerprint density at radius 2 is 2.05 bits per heavy atom. The molecule has 2 rings (SSSR count). The average Bonchev–Trinajstić information content (AvgIpc) is 2.46. The molecule has 0 saturated carbocycles. The number of hydrogen-bond donors (Lipinski definition) is 1. The Kier molecular flexibility index (Phi) is 5.25. The molecule has 0 radical (unpaired) electrons. The van der Waals surface area contributed by atoms with Gasteiger partial charge in [-0.15, -0.1) is 11.8 Å². The highest BCUT2D eigenvalue weighted by Gasteiger charge is 2.05. The fraction of sp³-hybridized carbons (Fsp3) is 0.267. The predicted octanol–water partition coefficient (Wildman–Crippen LogP) is 4.44. The second-order valence-electron chi connectivity index (χ2n) is 4.31. The summed E-state index contributed by atoms with van der Waals surface area (Å²) in [5.41, 5.74) is 8.03.